The smallest absolute Gasteiger partial charge is 0.270 e. The molecule has 6 rings (SSSR count). The average Bonchev–Trinajstić information content (AvgIpc) is 3.43. The molecule has 1 saturated heterocycles. The topological polar surface area (TPSA) is 78.4 Å². The lowest BCUT2D eigenvalue weighted by Gasteiger charge is -2.33. The number of fused-ring (bicyclic) bond motifs is 4. The molecule has 1 amide bonds. The molecule has 0 spiro atoms. The third kappa shape index (κ3) is 3.21. The van der Waals surface area contributed by atoms with Crippen LogP contribution in [0.4, 0.5) is 0 Å². The molecule has 3 aromatic carbocycles. The number of hydrogen-bond acceptors (Lipinski definition) is 3. The van der Waals surface area contributed by atoms with Crippen LogP contribution >= 0.6 is 0 Å². The first-order chi connectivity index (χ1) is 16.4. The monoisotopic (exact) mass is 472 g/mol. The molecule has 1 fully saturated rings. The Kier molecular flexibility index (Phi) is 4.75. The number of sulfonamides is 1. The second kappa shape index (κ2) is 7.72. The Morgan fingerprint density at radius 3 is 2.32 bits per heavy atom. The molecule has 0 aliphatic carbocycles. The SMILES string of the molecule is Cn1c2ccccc2c2cc(S(=O)(=O)N3CCN(C(=O)c4cc5ccccc5[nH]4)CC3)ccc21. The van der Waals surface area contributed by atoms with Gasteiger partial charge in [-0.15, -0.1) is 0 Å². The number of nitrogens with one attached hydrogen (secondary N) is 1. The molecule has 1 N–H and O–H groups in total. The lowest BCUT2D eigenvalue weighted by atomic mass is 10.1. The first-order valence-corrected chi connectivity index (χ1v) is 12.7. The minimum absolute atomic E-state index is 0.106. The highest BCUT2D eigenvalue weighted by atomic mass is 32.2. The summed E-state index contributed by atoms with van der Waals surface area (Å²) in [5.41, 5.74) is 3.50. The van der Waals surface area contributed by atoms with Crippen molar-refractivity contribution in [3.8, 4) is 0 Å². The van der Waals surface area contributed by atoms with Crippen molar-refractivity contribution in [2.75, 3.05) is 26.2 Å². The molecule has 3 heterocycles. The number of aromatic amines is 1. The number of amides is 1. The minimum Gasteiger partial charge on any atom is -0.351 e. The van der Waals surface area contributed by atoms with Gasteiger partial charge in [0.1, 0.15) is 5.69 Å². The summed E-state index contributed by atoms with van der Waals surface area (Å²) in [4.78, 5) is 18.2. The molecule has 34 heavy (non-hydrogen) atoms. The molecule has 1 aliphatic heterocycles. The predicted molar refractivity (Wildman–Crippen MR) is 133 cm³/mol. The Balaban J connectivity index is 1.24. The van der Waals surface area contributed by atoms with Crippen molar-refractivity contribution in [2.45, 2.75) is 4.90 Å². The van der Waals surface area contributed by atoms with Crippen LogP contribution in [-0.2, 0) is 17.1 Å². The summed E-state index contributed by atoms with van der Waals surface area (Å²) < 4.78 is 30.5. The van der Waals surface area contributed by atoms with Crippen molar-refractivity contribution in [1.29, 1.82) is 0 Å². The van der Waals surface area contributed by atoms with Crippen molar-refractivity contribution in [3.05, 3.63) is 78.5 Å². The Hall–Kier alpha value is -3.62. The van der Waals surface area contributed by atoms with Gasteiger partial charge >= 0.3 is 0 Å². The standard InChI is InChI=1S/C26H24N4O3S/c1-28-24-9-5-3-7-20(24)21-17-19(10-11-25(21)28)34(32,33)30-14-12-29(13-15-30)26(31)23-16-18-6-2-4-8-22(18)27-23/h2-11,16-17,27H,12-15H2,1H3. The minimum atomic E-state index is -3.67. The summed E-state index contributed by atoms with van der Waals surface area (Å²) in [6, 6.07) is 22.9. The molecule has 0 bridgehead atoms. The fourth-order valence-corrected chi connectivity index (χ4v) is 6.40. The van der Waals surface area contributed by atoms with E-state index in [9.17, 15) is 13.2 Å². The summed E-state index contributed by atoms with van der Waals surface area (Å²) in [6.07, 6.45) is 0. The third-order valence-electron chi connectivity index (χ3n) is 6.81. The average molecular weight is 473 g/mol. The van der Waals surface area contributed by atoms with Crippen molar-refractivity contribution >= 4 is 48.6 Å². The van der Waals surface area contributed by atoms with E-state index in [0.717, 1.165) is 32.7 Å². The van der Waals surface area contributed by atoms with Gasteiger partial charge in [0.05, 0.1) is 4.90 Å². The Bertz CT molecular complexity index is 1640. The predicted octanol–water partition coefficient (Wildman–Crippen LogP) is 3.96. The van der Waals surface area contributed by atoms with Gasteiger partial charge in [0, 0.05) is 65.9 Å². The number of benzene rings is 3. The van der Waals surface area contributed by atoms with E-state index in [-0.39, 0.29) is 23.9 Å². The zero-order chi connectivity index (χ0) is 23.4. The molecular weight excluding hydrogens is 448 g/mol. The van der Waals surface area contributed by atoms with Crippen LogP contribution in [-0.4, -0.2) is 59.3 Å². The van der Waals surface area contributed by atoms with Crippen LogP contribution in [0.15, 0.2) is 77.7 Å². The van der Waals surface area contributed by atoms with E-state index in [2.05, 4.69) is 9.55 Å². The molecule has 0 unspecified atom stereocenters. The maximum atomic E-state index is 13.4. The van der Waals surface area contributed by atoms with E-state index in [1.807, 2.05) is 67.7 Å². The van der Waals surface area contributed by atoms with Crippen LogP contribution in [0, 0.1) is 0 Å². The fraction of sp³-hybridized carbons (Fsp3) is 0.192. The normalized spacial score (nSPS) is 15.5. The molecule has 7 nitrogen and oxygen atoms in total. The highest BCUT2D eigenvalue weighted by Crippen LogP contribution is 2.31. The molecule has 0 radical (unpaired) electrons. The van der Waals surface area contributed by atoms with E-state index in [1.165, 1.54) is 4.31 Å². The number of para-hydroxylation sites is 2. The zero-order valence-corrected chi connectivity index (χ0v) is 19.5. The number of H-pyrrole nitrogens is 1. The third-order valence-corrected chi connectivity index (χ3v) is 8.70. The molecular formula is C26H24N4O3S. The molecule has 172 valence electrons. The van der Waals surface area contributed by atoms with Gasteiger partial charge in [-0.25, -0.2) is 8.42 Å². The van der Waals surface area contributed by atoms with E-state index in [4.69, 9.17) is 0 Å². The van der Waals surface area contributed by atoms with Crippen molar-refractivity contribution in [3.63, 3.8) is 0 Å². The Morgan fingerprint density at radius 1 is 0.824 bits per heavy atom. The summed E-state index contributed by atoms with van der Waals surface area (Å²) in [6.45, 7) is 1.23. The highest BCUT2D eigenvalue weighted by Gasteiger charge is 2.31. The highest BCUT2D eigenvalue weighted by molar-refractivity contribution is 7.89. The number of carbonyl (C=O) groups is 1. The quantitative estimate of drug-likeness (QED) is 0.432. The number of nitrogens with zero attached hydrogens (tertiary/aromatic N) is 3. The molecule has 2 aromatic heterocycles. The van der Waals surface area contributed by atoms with Crippen molar-refractivity contribution in [2.24, 2.45) is 7.05 Å². The van der Waals surface area contributed by atoms with Gasteiger partial charge in [-0.3, -0.25) is 4.79 Å². The van der Waals surface area contributed by atoms with Crippen molar-refractivity contribution < 1.29 is 13.2 Å². The maximum absolute atomic E-state index is 13.4. The van der Waals surface area contributed by atoms with Gasteiger partial charge in [-0.2, -0.15) is 4.31 Å². The van der Waals surface area contributed by atoms with Gasteiger partial charge in [0.25, 0.3) is 5.91 Å². The largest absolute Gasteiger partial charge is 0.351 e. The van der Waals surface area contributed by atoms with Gasteiger partial charge in [-0.1, -0.05) is 36.4 Å². The van der Waals surface area contributed by atoms with E-state index < -0.39 is 10.0 Å². The van der Waals surface area contributed by atoms with E-state index in [0.29, 0.717) is 18.8 Å². The van der Waals surface area contributed by atoms with Crippen LogP contribution < -0.4 is 0 Å². The van der Waals surface area contributed by atoms with Crippen LogP contribution in [0.2, 0.25) is 0 Å². The summed E-state index contributed by atoms with van der Waals surface area (Å²) in [7, 11) is -1.68. The number of piperazine rings is 1. The number of aryl methyl sites for hydroxylation is 1. The first kappa shape index (κ1) is 20.9. The number of hydrogen-bond donors (Lipinski definition) is 1. The molecule has 1 aliphatic rings. The van der Waals surface area contributed by atoms with Gasteiger partial charge in [0.15, 0.2) is 0 Å². The van der Waals surface area contributed by atoms with E-state index >= 15 is 0 Å². The summed E-state index contributed by atoms with van der Waals surface area (Å²) in [5, 5.41) is 2.94. The molecule has 8 heteroatoms. The fourth-order valence-electron chi connectivity index (χ4n) is 4.95. The maximum Gasteiger partial charge on any atom is 0.270 e. The number of carbonyl (C=O) groups excluding carboxylic acids is 1. The second-order valence-corrected chi connectivity index (χ2v) is 10.7. The van der Waals surface area contributed by atoms with Crippen LogP contribution in [0.5, 0.6) is 0 Å². The van der Waals surface area contributed by atoms with Gasteiger partial charge in [0.2, 0.25) is 10.0 Å². The first-order valence-electron chi connectivity index (χ1n) is 11.3. The Labute approximate surface area is 197 Å². The van der Waals surface area contributed by atoms with Crippen LogP contribution in [0.25, 0.3) is 32.7 Å². The van der Waals surface area contributed by atoms with E-state index in [1.54, 1.807) is 17.0 Å². The lowest BCUT2D eigenvalue weighted by Crippen LogP contribution is -2.50. The van der Waals surface area contributed by atoms with Crippen molar-refractivity contribution in [1.82, 2.24) is 18.8 Å². The lowest BCUT2D eigenvalue weighted by molar-refractivity contribution is 0.0693. The zero-order valence-electron chi connectivity index (χ0n) is 18.7. The summed E-state index contributed by atoms with van der Waals surface area (Å²) >= 11 is 0. The molecule has 5 aromatic rings. The van der Waals surface area contributed by atoms with Crippen LogP contribution in [0.3, 0.4) is 0 Å². The van der Waals surface area contributed by atoms with Gasteiger partial charge in [-0.05, 0) is 36.4 Å². The molecule has 0 saturated carbocycles. The molecule has 0 atom stereocenters. The van der Waals surface area contributed by atoms with Gasteiger partial charge < -0.3 is 14.5 Å². The van der Waals surface area contributed by atoms with Crippen LogP contribution in [0.1, 0.15) is 10.5 Å². The number of rotatable bonds is 3. The Morgan fingerprint density at radius 2 is 1.53 bits per heavy atom. The summed E-state index contributed by atoms with van der Waals surface area (Å²) in [5.74, 6) is -0.106. The second-order valence-electron chi connectivity index (χ2n) is 8.72. The number of aromatic nitrogens is 2.